The normalized spacial score (nSPS) is 11.2. The summed E-state index contributed by atoms with van der Waals surface area (Å²) in [5, 5.41) is 25.6. The largest absolute Gasteiger partial charge is 0.573 e. The highest BCUT2D eigenvalue weighted by Crippen LogP contribution is 2.30. The lowest BCUT2D eigenvalue weighted by Crippen LogP contribution is -2.17. The van der Waals surface area contributed by atoms with E-state index in [0.717, 1.165) is 24.3 Å². The molecule has 174 valence electrons. The standard InChI is InChI=1S/C20H17F4N5O4/c21-15-6-5-13(10-17(15)29(31)32)26-18-11-16(27-19(28-18)25-7-2-8-30)12-3-1-4-14(9-12)33-20(22,23)24/h1,3-6,9-11,30H,2,7-8H2,(H2,25,26,27,28). The zero-order valence-electron chi connectivity index (χ0n) is 16.8. The zero-order valence-corrected chi connectivity index (χ0v) is 16.8. The Morgan fingerprint density at radius 1 is 1.12 bits per heavy atom. The van der Waals surface area contributed by atoms with Crippen molar-refractivity contribution >= 4 is 23.1 Å². The molecule has 0 saturated carbocycles. The number of benzene rings is 2. The van der Waals surface area contributed by atoms with Gasteiger partial charge in [0.15, 0.2) is 0 Å². The Hall–Kier alpha value is -4.00. The molecule has 0 fully saturated rings. The molecule has 3 aromatic rings. The molecule has 0 saturated heterocycles. The highest BCUT2D eigenvalue weighted by molar-refractivity contribution is 5.69. The number of hydrogen-bond donors (Lipinski definition) is 3. The number of hydrogen-bond acceptors (Lipinski definition) is 8. The first-order valence-corrected chi connectivity index (χ1v) is 9.45. The number of ether oxygens (including phenoxy) is 1. The number of halogens is 4. The second kappa shape index (κ2) is 10.1. The quantitative estimate of drug-likeness (QED) is 0.180. The van der Waals surface area contributed by atoms with Crippen LogP contribution in [0, 0.1) is 15.9 Å². The van der Waals surface area contributed by atoms with Gasteiger partial charge in [0.25, 0.3) is 0 Å². The van der Waals surface area contributed by atoms with Crippen LogP contribution in [-0.2, 0) is 0 Å². The minimum atomic E-state index is -4.87. The van der Waals surface area contributed by atoms with Gasteiger partial charge in [0.1, 0.15) is 11.6 Å². The van der Waals surface area contributed by atoms with Gasteiger partial charge in [0, 0.05) is 36.5 Å². The van der Waals surface area contributed by atoms with Crippen LogP contribution in [0.3, 0.4) is 0 Å². The summed E-state index contributed by atoms with van der Waals surface area (Å²) in [5.41, 5.74) is -0.100. The predicted octanol–water partition coefficient (Wildman–Crippen LogP) is 4.63. The van der Waals surface area contributed by atoms with Gasteiger partial charge in [-0.3, -0.25) is 10.1 Å². The molecule has 0 radical (unpaired) electrons. The summed E-state index contributed by atoms with van der Waals surface area (Å²) in [5.74, 6) is -1.24. The summed E-state index contributed by atoms with van der Waals surface area (Å²) < 4.78 is 55.3. The molecular formula is C20H17F4N5O4. The van der Waals surface area contributed by atoms with Crippen LogP contribution in [0.25, 0.3) is 11.3 Å². The fraction of sp³-hybridized carbons (Fsp3) is 0.200. The number of aliphatic hydroxyl groups excluding tert-OH is 1. The first kappa shape index (κ1) is 23.7. The van der Waals surface area contributed by atoms with Gasteiger partial charge in [-0.15, -0.1) is 13.2 Å². The van der Waals surface area contributed by atoms with E-state index in [1.54, 1.807) is 0 Å². The number of nitrogens with one attached hydrogen (secondary N) is 2. The third kappa shape index (κ3) is 6.74. The number of rotatable bonds is 9. The van der Waals surface area contributed by atoms with E-state index in [9.17, 15) is 27.7 Å². The minimum absolute atomic E-state index is 0.0854. The summed E-state index contributed by atoms with van der Waals surface area (Å²) in [6.45, 7) is 0.215. The SMILES string of the molecule is O=[N+]([O-])c1cc(Nc2cc(-c3cccc(OC(F)(F)F)c3)nc(NCCCO)n2)ccc1F. The number of aromatic nitrogens is 2. The van der Waals surface area contributed by atoms with Crippen molar-refractivity contribution < 1.29 is 32.3 Å². The first-order chi connectivity index (χ1) is 15.6. The fourth-order valence-electron chi connectivity index (χ4n) is 2.75. The van der Waals surface area contributed by atoms with Crippen LogP contribution in [0.2, 0.25) is 0 Å². The highest BCUT2D eigenvalue weighted by atomic mass is 19.4. The van der Waals surface area contributed by atoms with Gasteiger partial charge in [-0.05, 0) is 30.7 Å². The summed E-state index contributed by atoms with van der Waals surface area (Å²) in [6.07, 6.45) is -4.49. The Kier molecular flexibility index (Phi) is 7.23. The second-order valence-corrected chi connectivity index (χ2v) is 6.59. The molecule has 3 rings (SSSR count). The van der Waals surface area contributed by atoms with Gasteiger partial charge in [-0.1, -0.05) is 12.1 Å². The molecule has 0 aliphatic rings. The average molecular weight is 467 g/mol. The number of nitro benzene ring substituents is 1. The Labute approximate surface area is 184 Å². The van der Waals surface area contributed by atoms with E-state index in [1.807, 2.05) is 0 Å². The lowest BCUT2D eigenvalue weighted by atomic mass is 10.1. The number of anilines is 3. The van der Waals surface area contributed by atoms with E-state index in [1.165, 1.54) is 24.3 Å². The molecule has 1 heterocycles. The smallest absolute Gasteiger partial charge is 0.406 e. The van der Waals surface area contributed by atoms with Crippen molar-refractivity contribution in [2.45, 2.75) is 12.8 Å². The third-order valence-corrected chi connectivity index (χ3v) is 4.12. The zero-order chi connectivity index (χ0) is 24.0. The van der Waals surface area contributed by atoms with Crippen molar-refractivity contribution in [2.24, 2.45) is 0 Å². The number of nitrogens with zero attached hydrogens (tertiary/aromatic N) is 3. The molecule has 0 unspecified atom stereocenters. The van der Waals surface area contributed by atoms with Gasteiger partial charge >= 0.3 is 12.0 Å². The van der Waals surface area contributed by atoms with Gasteiger partial charge in [0.05, 0.1) is 10.6 Å². The predicted molar refractivity (Wildman–Crippen MR) is 111 cm³/mol. The molecule has 33 heavy (non-hydrogen) atoms. The highest BCUT2D eigenvalue weighted by Gasteiger charge is 2.31. The lowest BCUT2D eigenvalue weighted by molar-refractivity contribution is -0.387. The molecule has 2 aromatic carbocycles. The van der Waals surface area contributed by atoms with Gasteiger partial charge in [-0.2, -0.15) is 9.37 Å². The van der Waals surface area contributed by atoms with Crippen LogP contribution in [0.15, 0.2) is 48.5 Å². The van der Waals surface area contributed by atoms with E-state index < -0.39 is 28.5 Å². The Balaban J connectivity index is 1.97. The van der Waals surface area contributed by atoms with Gasteiger partial charge in [0.2, 0.25) is 11.8 Å². The molecule has 0 spiro atoms. The van der Waals surface area contributed by atoms with E-state index in [0.29, 0.717) is 13.0 Å². The summed E-state index contributed by atoms with van der Waals surface area (Å²) >= 11 is 0. The Morgan fingerprint density at radius 2 is 1.91 bits per heavy atom. The van der Waals surface area contributed by atoms with Crippen molar-refractivity contribution in [3.05, 3.63) is 64.5 Å². The molecule has 13 heteroatoms. The Morgan fingerprint density at radius 3 is 2.61 bits per heavy atom. The van der Waals surface area contributed by atoms with Crippen molar-refractivity contribution in [3.63, 3.8) is 0 Å². The maximum absolute atomic E-state index is 13.6. The minimum Gasteiger partial charge on any atom is -0.406 e. The number of aliphatic hydroxyl groups is 1. The average Bonchev–Trinajstić information content (AvgIpc) is 2.74. The second-order valence-electron chi connectivity index (χ2n) is 6.59. The summed E-state index contributed by atoms with van der Waals surface area (Å²) in [4.78, 5) is 18.6. The number of nitro groups is 1. The van der Waals surface area contributed by atoms with Gasteiger partial charge in [-0.25, -0.2) is 4.98 Å². The lowest BCUT2D eigenvalue weighted by Gasteiger charge is -2.13. The van der Waals surface area contributed by atoms with Crippen LogP contribution in [0.5, 0.6) is 5.75 Å². The maximum atomic E-state index is 13.6. The first-order valence-electron chi connectivity index (χ1n) is 9.45. The van der Waals surface area contributed by atoms with E-state index in [4.69, 9.17) is 5.11 Å². The molecule has 9 nitrogen and oxygen atoms in total. The molecule has 0 aliphatic heterocycles. The van der Waals surface area contributed by atoms with Crippen LogP contribution < -0.4 is 15.4 Å². The van der Waals surface area contributed by atoms with Crippen molar-refractivity contribution in [1.29, 1.82) is 0 Å². The molecule has 0 amide bonds. The van der Waals surface area contributed by atoms with Crippen molar-refractivity contribution in [1.82, 2.24) is 9.97 Å². The molecule has 3 N–H and O–H groups in total. The topological polar surface area (TPSA) is 122 Å². The van der Waals surface area contributed by atoms with Crippen LogP contribution in [-0.4, -0.2) is 39.5 Å². The van der Waals surface area contributed by atoms with E-state index in [2.05, 4.69) is 25.3 Å². The van der Waals surface area contributed by atoms with E-state index in [-0.39, 0.29) is 35.3 Å². The van der Waals surface area contributed by atoms with Crippen molar-refractivity contribution in [2.75, 3.05) is 23.8 Å². The van der Waals surface area contributed by atoms with Crippen LogP contribution >= 0.6 is 0 Å². The third-order valence-electron chi connectivity index (χ3n) is 4.12. The van der Waals surface area contributed by atoms with Crippen molar-refractivity contribution in [3.8, 4) is 17.0 Å². The van der Waals surface area contributed by atoms with Gasteiger partial charge < -0.3 is 20.5 Å². The molecule has 0 aliphatic carbocycles. The van der Waals surface area contributed by atoms with Crippen LogP contribution in [0.4, 0.5) is 40.7 Å². The molecule has 0 bridgehead atoms. The molecule has 0 atom stereocenters. The maximum Gasteiger partial charge on any atom is 0.573 e. The summed E-state index contributed by atoms with van der Waals surface area (Å²) in [6, 6.07) is 9.70. The monoisotopic (exact) mass is 467 g/mol. The summed E-state index contributed by atoms with van der Waals surface area (Å²) in [7, 11) is 0. The van der Waals surface area contributed by atoms with E-state index >= 15 is 0 Å². The molecule has 1 aromatic heterocycles. The molecular weight excluding hydrogens is 450 g/mol. The Bertz CT molecular complexity index is 1140. The van der Waals surface area contributed by atoms with Crippen LogP contribution in [0.1, 0.15) is 6.42 Å². The number of alkyl halides is 3. The fourth-order valence-corrected chi connectivity index (χ4v) is 2.75.